The molecule has 10 heavy (non-hydrogen) atoms. The number of hydrogen-bond donors (Lipinski definition) is 2. The van der Waals surface area contributed by atoms with Crippen molar-refractivity contribution in [3.8, 4) is 0 Å². The van der Waals surface area contributed by atoms with Gasteiger partial charge in [-0.15, -0.1) is 11.3 Å². The fourth-order valence-electron chi connectivity index (χ4n) is 0.624. The summed E-state index contributed by atoms with van der Waals surface area (Å²) in [6, 6.07) is 3.53. The average molecular weight is 178 g/mol. The highest BCUT2D eigenvalue weighted by Crippen LogP contribution is 2.25. The Morgan fingerprint density at radius 1 is 1.70 bits per heavy atom. The van der Waals surface area contributed by atoms with Crippen molar-refractivity contribution in [1.29, 1.82) is 0 Å². The van der Waals surface area contributed by atoms with Gasteiger partial charge >= 0.3 is 0 Å². The van der Waals surface area contributed by atoms with Crippen molar-refractivity contribution >= 4 is 22.9 Å². The molecule has 0 bridgehead atoms. The Balaban J connectivity index is 2.74. The second-order valence-corrected chi connectivity index (χ2v) is 3.64. The highest BCUT2D eigenvalue weighted by molar-refractivity contribution is 7.16. The number of thiophene rings is 1. The molecule has 4 heteroatoms. The number of aliphatic hydroxyl groups is 1. The van der Waals surface area contributed by atoms with E-state index in [0.717, 1.165) is 4.88 Å². The van der Waals surface area contributed by atoms with Crippen LogP contribution >= 0.6 is 22.9 Å². The van der Waals surface area contributed by atoms with Gasteiger partial charge in [-0.25, -0.2) is 0 Å². The van der Waals surface area contributed by atoms with Gasteiger partial charge in [0.25, 0.3) is 0 Å². The molecule has 0 saturated heterocycles. The van der Waals surface area contributed by atoms with Gasteiger partial charge in [-0.1, -0.05) is 11.6 Å². The molecule has 1 atom stereocenters. The minimum absolute atomic E-state index is 0.247. The Labute approximate surface area is 68.2 Å². The first kappa shape index (κ1) is 8.01. The van der Waals surface area contributed by atoms with Crippen LogP contribution < -0.4 is 5.73 Å². The molecule has 0 aliphatic carbocycles. The van der Waals surface area contributed by atoms with Gasteiger partial charge in [0, 0.05) is 11.4 Å². The summed E-state index contributed by atoms with van der Waals surface area (Å²) in [7, 11) is 0. The fourth-order valence-corrected chi connectivity index (χ4v) is 1.68. The van der Waals surface area contributed by atoms with E-state index in [1.54, 1.807) is 12.1 Å². The van der Waals surface area contributed by atoms with Crippen LogP contribution in [0.3, 0.4) is 0 Å². The third-order valence-corrected chi connectivity index (χ3v) is 2.48. The fraction of sp³-hybridized carbons (Fsp3) is 0.333. The van der Waals surface area contributed by atoms with Crippen molar-refractivity contribution in [2.24, 2.45) is 5.73 Å². The van der Waals surface area contributed by atoms with Crippen molar-refractivity contribution in [1.82, 2.24) is 0 Å². The predicted octanol–water partition coefficient (Wildman–Crippen LogP) is 1.39. The zero-order valence-electron chi connectivity index (χ0n) is 5.25. The van der Waals surface area contributed by atoms with Gasteiger partial charge in [-0.05, 0) is 12.1 Å². The minimum Gasteiger partial charge on any atom is -0.386 e. The monoisotopic (exact) mass is 177 g/mol. The molecule has 0 saturated carbocycles. The highest BCUT2D eigenvalue weighted by Gasteiger charge is 2.06. The van der Waals surface area contributed by atoms with Crippen molar-refractivity contribution < 1.29 is 5.11 Å². The summed E-state index contributed by atoms with van der Waals surface area (Å²) < 4.78 is 0.683. The van der Waals surface area contributed by atoms with E-state index in [1.165, 1.54) is 11.3 Å². The lowest BCUT2D eigenvalue weighted by atomic mass is 10.3. The number of aliphatic hydroxyl groups excluding tert-OH is 1. The normalized spacial score (nSPS) is 13.5. The summed E-state index contributed by atoms with van der Waals surface area (Å²) in [6.45, 7) is 0.247. The van der Waals surface area contributed by atoms with Gasteiger partial charge in [-0.3, -0.25) is 0 Å². The molecule has 1 rings (SSSR count). The van der Waals surface area contributed by atoms with Gasteiger partial charge in [-0.2, -0.15) is 0 Å². The van der Waals surface area contributed by atoms with Gasteiger partial charge in [0.1, 0.15) is 6.10 Å². The van der Waals surface area contributed by atoms with Crippen LogP contribution in [0, 0.1) is 0 Å². The smallest absolute Gasteiger partial charge is 0.100 e. The minimum atomic E-state index is -0.558. The molecule has 56 valence electrons. The van der Waals surface area contributed by atoms with Gasteiger partial charge in [0.2, 0.25) is 0 Å². The van der Waals surface area contributed by atoms with Crippen LogP contribution in [-0.2, 0) is 0 Å². The number of hydrogen-bond acceptors (Lipinski definition) is 3. The van der Waals surface area contributed by atoms with Crippen LogP contribution in [0.2, 0.25) is 4.34 Å². The first-order chi connectivity index (χ1) is 4.74. The van der Waals surface area contributed by atoms with Crippen molar-refractivity contribution in [2.75, 3.05) is 6.54 Å². The maximum atomic E-state index is 9.17. The average Bonchev–Trinajstić information content (AvgIpc) is 2.34. The number of nitrogens with two attached hydrogens (primary N) is 1. The maximum Gasteiger partial charge on any atom is 0.100 e. The SMILES string of the molecule is NCC(O)c1ccc(Cl)s1. The molecule has 1 aromatic heterocycles. The first-order valence-electron chi connectivity index (χ1n) is 2.87. The summed E-state index contributed by atoms with van der Waals surface area (Å²) in [5.74, 6) is 0. The van der Waals surface area contributed by atoms with Crippen LogP contribution in [0.5, 0.6) is 0 Å². The molecule has 0 aromatic carbocycles. The second kappa shape index (κ2) is 3.34. The summed E-state index contributed by atoms with van der Waals surface area (Å²) in [5.41, 5.74) is 5.23. The van der Waals surface area contributed by atoms with Gasteiger partial charge in [0.05, 0.1) is 4.34 Å². The quantitative estimate of drug-likeness (QED) is 0.718. The van der Waals surface area contributed by atoms with E-state index < -0.39 is 6.10 Å². The molecule has 1 unspecified atom stereocenters. The molecule has 0 aliphatic rings. The lowest BCUT2D eigenvalue weighted by molar-refractivity contribution is 0.190. The third kappa shape index (κ3) is 1.70. The Bertz CT molecular complexity index is 213. The van der Waals surface area contributed by atoms with E-state index in [1.807, 2.05) is 0 Å². The molecular weight excluding hydrogens is 170 g/mol. The van der Waals surface area contributed by atoms with E-state index in [9.17, 15) is 0 Å². The topological polar surface area (TPSA) is 46.2 Å². The third-order valence-electron chi connectivity index (χ3n) is 1.15. The lowest BCUT2D eigenvalue weighted by Crippen LogP contribution is -2.09. The zero-order valence-corrected chi connectivity index (χ0v) is 6.82. The number of halogens is 1. The predicted molar refractivity (Wildman–Crippen MR) is 43.3 cm³/mol. The molecule has 0 radical (unpaired) electrons. The van der Waals surface area contributed by atoms with Crippen LogP contribution in [0.1, 0.15) is 11.0 Å². The molecule has 2 nitrogen and oxygen atoms in total. The van der Waals surface area contributed by atoms with Crippen molar-refractivity contribution in [3.63, 3.8) is 0 Å². The molecule has 0 spiro atoms. The van der Waals surface area contributed by atoms with E-state index in [0.29, 0.717) is 4.34 Å². The largest absolute Gasteiger partial charge is 0.386 e. The van der Waals surface area contributed by atoms with Crippen LogP contribution in [0.25, 0.3) is 0 Å². The maximum absolute atomic E-state index is 9.17. The van der Waals surface area contributed by atoms with Crippen LogP contribution in [0.4, 0.5) is 0 Å². The number of rotatable bonds is 2. The van der Waals surface area contributed by atoms with E-state index in [-0.39, 0.29) is 6.54 Å². The summed E-state index contributed by atoms with van der Waals surface area (Å²) >= 11 is 6.98. The Hall–Kier alpha value is -0.0900. The zero-order chi connectivity index (χ0) is 7.56. The molecule has 1 aromatic rings. The highest BCUT2D eigenvalue weighted by atomic mass is 35.5. The van der Waals surface area contributed by atoms with E-state index in [2.05, 4.69) is 0 Å². The van der Waals surface area contributed by atoms with Gasteiger partial charge in [0.15, 0.2) is 0 Å². The molecular formula is C6H8ClNOS. The summed E-state index contributed by atoms with van der Waals surface area (Å²) in [5, 5.41) is 9.17. The molecule has 1 heterocycles. The first-order valence-corrected chi connectivity index (χ1v) is 4.07. The molecule has 3 N–H and O–H groups in total. The van der Waals surface area contributed by atoms with Crippen LogP contribution in [-0.4, -0.2) is 11.7 Å². The Morgan fingerprint density at radius 2 is 2.40 bits per heavy atom. The summed E-state index contributed by atoms with van der Waals surface area (Å²) in [4.78, 5) is 0.826. The van der Waals surface area contributed by atoms with Crippen molar-refractivity contribution in [3.05, 3.63) is 21.3 Å². The molecule has 0 fully saturated rings. The second-order valence-electron chi connectivity index (χ2n) is 1.89. The molecule has 0 aliphatic heterocycles. The van der Waals surface area contributed by atoms with E-state index >= 15 is 0 Å². The van der Waals surface area contributed by atoms with E-state index in [4.69, 9.17) is 22.4 Å². The lowest BCUT2D eigenvalue weighted by Gasteiger charge is -2.01. The standard InChI is InChI=1S/C6H8ClNOS/c7-6-2-1-5(10-6)4(9)3-8/h1-2,4,9H,3,8H2. The van der Waals surface area contributed by atoms with Gasteiger partial charge < -0.3 is 10.8 Å². The Kier molecular flexibility index (Phi) is 2.68. The molecule has 0 amide bonds. The van der Waals surface area contributed by atoms with Crippen LogP contribution in [0.15, 0.2) is 12.1 Å². The summed E-state index contributed by atoms with van der Waals surface area (Å²) in [6.07, 6.45) is -0.558. The Morgan fingerprint density at radius 3 is 2.80 bits per heavy atom. The van der Waals surface area contributed by atoms with Crippen molar-refractivity contribution in [2.45, 2.75) is 6.10 Å².